The Bertz CT molecular complexity index is 1000. The highest BCUT2D eigenvalue weighted by Crippen LogP contribution is 2.41. The van der Waals surface area contributed by atoms with E-state index in [1.807, 2.05) is 6.07 Å². The molecule has 1 atom stereocenters. The molecule has 1 aliphatic rings. The first kappa shape index (κ1) is 22.8. The maximum Gasteiger partial charge on any atom is 0.262 e. The maximum absolute atomic E-state index is 11.7. The van der Waals surface area contributed by atoms with Crippen LogP contribution in [0.5, 0.6) is 0 Å². The standard InChI is InChI=1S/C16H13Cl3N2O3S2.BrH/c1-21-15(20-13-5-3-2-4-11(13)17)25-9-16(21,22)10-6-7-12(18)14(8-10)26(19,23)24;/h2-8,22H,9H2,1H3;1H/b20-15+;. The molecule has 2 aromatic carbocycles. The Balaban J connectivity index is 0.00000261. The molecule has 1 fully saturated rings. The van der Waals surface area contributed by atoms with Crippen molar-refractivity contribution in [3.05, 3.63) is 58.1 Å². The minimum atomic E-state index is -4.04. The first-order valence-corrected chi connectivity index (χ1v) is 11.3. The van der Waals surface area contributed by atoms with Crippen molar-refractivity contribution >= 4 is 82.5 Å². The van der Waals surface area contributed by atoms with Crippen LogP contribution in [-0.4, -0.2) is 36.4 Å². The van der Waals surface area contributed by atoms with Crippen LogP contribution < -0.4 is 0 Å². The smallest absolute Gasteiger partial charge is 0.262 e. The Hall–Kier alpha value is -0.480. The molecule has 11 heteroatoms. The number of para-hydroxylation sites is 1. The quantitative estimate of drug-likeness (QED) is 0.563. The Morgan fingerprint density at radius 3 is 2.48 bits per heavy atom. The Labute approximate surface area is 186 Å². The summed E-state index contributed by atoms with van der Waals surface area (Å²) in [5, 5.41) is 12.2. The molecule has 1 aliphatic heterocycles. The zero-order valence-corrected chi connectivity index (χ0v) is 19.4. The monoisotopic (exact) mass is 530 g/mol. The fraction of sp³-hybridized carbons (Fsp3) is 0.188. The van der Waals surface area contributed by atoms with Gasteiger partial charge in [-0.25, -0.2) is 13.4 Å². The van der Waals surface area contributed by atoms with Crippen LogP contribution in [0.4, 0.5) is 5.69 Å². The number of hydrogen-bond acceptors (Lipinski definition) is 5. The molecule has 0 saturated carbocycles. The van der Waals surface area contributed by atoms with Crippen LogP contribution in [0.3, 0.4) is 0 Å². The predicted octanol–water partition coefficient (Wildman–Crippen LogP) is 5.01. The second-order valence-electron chi connectivity index (χ2n) is 5.59. The highest BCUT2D eigenvalue weighted by Gasteiger charge is 2.43. The van der Waals surface area contributed by atoms with E-state index in [0.29, 0.717) is 21.4 Å². The van der Waals surface area contributed by atoms with Crippen molar-refractivity contribution in [2.75, 3.05) is 12.8 Å². The molecule has 1 saturated heterocycles. The fourth-order valence-electron chi connectivity index (χ4n) is 2.49. The number of thioether (sulfide) groups is 1. The summed E-state index contributed by atoms with van der Waals surface area (Å²) in [6, 6.07) is 11.3. The van der Waals surface area contributed by atoms with E-state index in [1.165, 1.54) is 23.9 Å². The number of benzene rings is 2. The molecule has 27 heavy (non-hydrogen) atoms. The molecule has 0 bridgehead atoms. The average Bonchev–Trinajstić information content (AvgIpc) is 2.86. The van der Waals surface area contributed by atoms with Crippen LogP contribution in [0.1, 0.15) is 5.56 Å². The minimum absolute atomic E-state index is 0. The highest BCUT2D eigenvalue weighted by atomic mass is 79.9. The third-order valence-electron chi connectivity index (χ3n) is 3.97. The fourth-order valence-corrected chi connectivity index (χ4v) is 5.35. The number of aliphatic imine (C=N–C) groups is 1. The van der Waals surface area contributed by atoms with Gasteiger partial charge in [0, 0.05) is 23.3 Å². The van der Waals surface area contributed by atoms with Gasteiger partial charge in [0.2, 0.25) is 0 Å². The summed E-state index contributed by atoms with van der Waals surface area (Å²) in [6.07, 6.45) is 0. The second kappa shape index (κ2) is 8.49. The van der Waals surface area contributed by atoms with E-state index in [9.17, 15) is 13.5 Å². The van der Waals surface area contributed by atoms with Gasteiger partial charge < -0.3 is 10.0 Å². The first-order chi connectivity index (χ1) is 12.1. The molecule has 2 aromatic rings. The van der Waals surface area contributed by atoms with Gasteiger partial charge in [0.15, 0.2) is 10.9 Å². The van der Waals surface area contributed by atoms with E-state index in [1.54, 1.807) is 36.2 Å². The maximum atomic E-state index is 11.7. The molecular weight excluding hydrogens is 519 g/mol. The van der Waals surface area contributed by atoms with Crippen LogP contribution in [-0.2, 0) is 14.8 Å². The molecule has 0 aliphatic carbocycles. The summed E-state index contributed by atoms with van der Waals surface area (Å²) in [7, 11) is 3.05. The van der Waals surface area contributed by atoms with Gasteiger partial charge in [-0.3, -0.25) is 0 Å². The van der Waals surface area contributed by atoms with Gasteiger partial charge in [-0.2, -0.15) is 0 Å². The molecule has 0 amide bonds. The lowest BCUT2D eigenvalue weighted by atomic mass is 10.0. The van der Waals surface area contributed by atoms with Crippen molar-refractivity contribution in [2.24, 2.45) is 4.99 Å². The number of aliphatic hydroxyl groups is 1. The topological polar surface area (TPSA) is 70.0 Å². The second-order valence-corrected chi connectivity index (χ2v) is 9.88. The van der Waals surface area contributed by atoms with Crippen LogP contribution >= 0.6 is 62.6 Å². The number of amidine groups is 1. The van der Waals surface area contributed by atoms with Crippen LogP contribution in [0.25, 0.3) is 0 Å². The average molecular weight is 533 g/mol. The van der Waals surface area contributed by atoms with Gasteiger partial charge in [-0.15, -0.1) is 17.0 Å². The third-order valence-corrected chi connectivity index (χ3v) is 7.26. The predicted molar refractivity (Wildman–Crippen MR) is 117 cm³/mol. The van der Waals surface area contributed by atoms with E-state index in [-0.39, 0.29) is 32.7 Å². The molecule has 146 valence electrons. The largest absolute Gasteiger partial charge is 0.366 e. The summed E-state index contributed by atoms with van der Waals surface area (Å²) in [5.41, 5.74) is -0.542. The molecule has 3 rings (SSSR count). The van der Waals surface area contributed by atoms with Gasteiger partial charge in [-0.1, -0.05) is 53.2 Å². The van der Waals surface area contributed by atoms with Crippen LogP contribution in [0, 0.1) is 0 Å². The van der Waals surface area contributed by atoms with Gasteiger partial charge in [0.05, 0.1) is 21.5 Å². The van der Waals surface area contributed by atoms with Crippen molar-refractivity contribution in [3.8, 4) is 0 Å². The molecular formula is C16H14BrCl3N2O3S2. The summed E-state index contributed by atoms with van der Waals surface area (Å²) < 4.78 is 23.4. The van der Waals surface area contributed by atoms with Crippen molar-refractivity contribution < 1.29 is 13.5 Å². The summed E-state index contributed by atoms with van der Waals surface area (Å²) in [6.45, 7) is 0. The molecule has 1 heterocycles. The van der Waals surface area contributed by atoms with Crippen molar-refractivity contribution in [3.63, 3.8) is 0 Å². The third kappa shape index (κ3) is 4.58. The lowest BCUT2D eigenvalue weighted by molar-refractivity contribution is -0.0349. The highest BCUT2D eigenvalue weighted by molar-refractivity contribution is 8.93. The van der Waals surface area contributed by atoms with E-state index in [2.05, 4.69) is 4.99 Å². The van der Waals surface area contributed by atoms with Crippen LogP contribution in [0.15, 0.2) is 52.4 Å². The van der Waals surface area contributed by atoms with E-state index in [4.69, 9.17) is 33.9 Å². The lowest BCUT2D eigenvalue weighted by Gasteiger charge is -2.31. The SMILES string of the molecule is Br.CN1/C(=N\c2ccccc2Cl)SCC1(O)c1ccc(Cl)c(S(=O)(=O)Cl)c1. The Kier molecular flexibility index (Phi) is 7.17. The van der Waals surface area contributed by atoms with Gasteiger partial charge in [0.25, 0.3) is 9.05 Å². The summed E-state index contributed by atoms with van der Waals surface area (Å²) in [5.74, 6) is 0.246. The summed E-state index contributed by atoms with van der Waals surface area (Å²) in [4.78, 5) is 5.81. The van der Waals surface area contributed by atoms with E-state index < -0.39 is 14.8 Å². The van der Waals surface area contributed by atoms with Crippen molar-refractivity contribution in [1.29, 1.82) is 0 Å². The van der Waals surface area contributed by atoms with Gasteiger partial charge >= 0.3 is 0 Å². The number of halogens is 4. The van der Waals surface area contributed by atoms with Crippen LogP contribution in [0.2, 0.25) is 10.0 Å². The molecule has 0 aromatic heterocycles. The molecule has 1 unspecified atom stereocenters. The molecule has 0 spiro atoms. The van der Waals surface area contributed by atoms with Crippen molar-refractivity contribution in [2.45, 2.75) is 10.6 Å². The zero-order valence-electron chi connectivity index (χ0n) is 13.8. The van der Waals surface area contributed by atoms with Gasteiger partial charge in [0.1, 0.15) is 4.90 Å². The van der Waals surface area contributed by atoms with E-state index in [0.717, 1.165) is 0 Å². The number of hydrogen-bond donors (Lipinski definition) is 1. The Morgan fingerprint density at radius 1 is 1.19 bits per heavy atom. The minimum Gasteiger partial charge on any atom is -0.366 e. The summed E-state index contributed by atoms with van der Waals surface area (Å²) >= 11 is 13.4. The lowest BCUT2D eigenvalue weighted by Crippen LogP contribution is -2.42. The molecule has 0 radical (unpaired) electrons. The number of rotatable bonds is 3. The van der Waals surface area contributed by atoms with E-state index >= 15 is 0 Å². The Morgan fingerprint density at radius 2 is 1.85 bits per heavy atom. The van der Waals surface area contributed by atoms with Gasteiger partial charge in [-0.05, 0) is 24.3 Å². The number of nitrogens with zero attached hydrogens (tertiary/aromatic N) is 2. The zero-order chi connectivity index (χ0) is 19.1. The molecule has 5 nitrogen and oxygen atoms in total. The normalized spacial score (nSPS) is 21.4. The molecule has 1 N–H and O–H groups in total. The van der Waals surface area contributed by atoms with Crippen molar-refractivity contribution in [1.82, 2.24) is 4.90 Å². The first-order valence-electron chi connectivity index (χ1n) is 7.30.